The third kappa shape index (κ3) is 3.79. The maximum atomic E-state index is 12.1. The summed E-state index contributed by atoms with van der Waals surface area (Å²) in [5.41, 5.74) is 3.01. The monoisotopic (exact) mass is 317 g/mol. The summed E-state index contributed by atoms with van der Waals surface area (Å²) in [4.78, 5) is 12.1. The van der Waals surface area contributed by atoms with Crippen LogP contribution in [0.1, 0.15) is 18.2 Å². The van der Waals surface area contributed by atoms with Gasteiger partial charge in [-0.05, 0) is 30.2 Å². The molecule has 4 nitrogen and oxygen atoms in total. The molecule has 1 amide bonds. The second-order valence-corrected chi connectivity index (χ2v) is 5.36. The van der Waals surface area contributed by atoms with Gasteiger partial charge < -0.3 is 5.32 Å². The Balaban J connectivity index is 1.75. The van der Waals surface area contributed by atoms with E-state index in [4.69, 9.17) is 0 Å². The van der Waals surface area contributed by atoms with Gasteiger partial charge in [0.1, 0.15) is 0 Å². The minimum atomic E-state index is -0.195. The quantitative estimate of drug-likeness (QED) is 0.721. The van der Waals surface area contributed by atoms with Crippen molar-refractivity contribution in [2.75, 3.05) is 5.32 Å². The Morgan fingerprint density at radius 1 is 1.08 bits per heavy atom. The van der Waals surface area contributed by atoms with Gasteiger partial charge in [0.2, 0.25) is 5.91 Å². The Labute approximate surface area is 141 Å². The lowest BCUT2D eigenvalue weighted by molar-refractivity contribution is -0.111. The zero-order valence-electron chi connectivity index (χ0n) is 13.5. The molecule has 0 saturated heterocycles. The fraction of sp³-hybridized carbons (Fsp3) is 0.100. The molecule has 0 atom stereocenters. The van der Waals surface area contributed by atoms with Gasteiger partial charge in [0.05, 0.1) is 5.69 Å². The molecule has 0 fully saturated rings. The van der Waals surface area contributed by atoms with Crippen LogP contribution in [0.25, 0.3) is 11.8 Å². The Morgan fingerprint density at radius 2 is 1.75 bits per heavy atom. The molecule has 3 aromatic rings. The summed E-state index contributed by atoms with van der Waals surface area (Å²) in [6.45, 7) is 2.07. The number of carbonyl (C=O) groups excluding carboxylic acids is 1. The van der Waals surface area contributed by atoms with Crippen LogP contribution in [0.5, 0.6) is 0 Å². The molecule has 4 heteroatoms. The molecule has 1 heterocycles. The SMILES string of the molecule is CCc1cc(NC(=O)/C=C/c2ccccc2)nn1-c1ccccc1. The van der Waals surface area contributed by atoms with Gasteiger partial charge in [-0.3, -0.25) is 4.79 Å². The van der Waals surface area contributed by atoms with E-state index in [2.05, 4.69) is 17.3 Å². The van der Waals surface area contributed by atoms with E-state index in [0.29, 0.717) is 5.82 Å². The Morgan fingerprint density at radius 3 is 2.42 bits per heavy atom. The van der Waals surface area contributed by atoms with Gasteiger partial charge in [-0.15, -0.1) is 5.10 Å². The molecule has 0 radical (unpaired) electrons. The Hall–Kier alpha value is -3.14. The molecule has 0 bridgehead atoms. The van der Waals surface area contributed by atoms with E-state index in [9.17, 15) is 4.79 Å². The summed E-state index contributed by atoms with van der Waals surface area (Å²) in [6.07, 6.45) is 4.13. The summed E-state index contributed by atoms with van der Waals surface area (Å²) >= 11 is 0. The molecule has 3 rings (SSSR count). The molecule has 120 valence electrons. The van der Waals surface area contributed by atoms with Crippen LogP contribution in [-0.2, 0) is 11.2 Å². The summed E-state index contributed by atoms with van der Waals surface area (Å²) in [6, 6.07) is 21.5. The fourth-order valence-electron chi connectivity index (χ4n) is 2.43. The molecular weight excluding hydrogens is 298 g/mol. The molecule has 0 aliphatic heterocycles. The number of carbonyl (C=O) groups is 1. The Bertz CT molecular complexity index is 836. The zero-order valence-corrected chi connectivity index (χ0v) is 13.5. The summed E-state index contributed by atoms with van der Waals surface area (Å²) < 4.78 is 1.86. The van der Waals surface area contributed by atoms with Gasteiger partial charge in [-0.25, -0.2) is 4.68 Å². The molecule has 1 aromatic heterocycles. The summed E-state index contributed by atoms with van der Waals surface area (Å²) in [5.74, 6) is 0.359. The van der Waals surface area contributed by atoms with Crippen molar-refractivity contribution in [3.8, 4) is 5.69 Å². The number of aromatic nitrogens is 2. The van der Waals surface area contributed by atoms with Gasteiger partial charge in [0.25, 0.3) is 0 Å². The molecule has 1 N–H and O–H groups in total. The first-order chi connectivity index (χ1) is 11.8. The number of amides is 1. The van der Waals surface area contributed by atoms with Crippen molar-refractivity contribution in [3.05, 3.63) is 84.1 Å². The number of hydrogen-bond donors (Lipinski definition) is 1. The van der Waals surface area contributed by atoms with Crippen LogP contribution >= 0.6 is 0 Å². The maximum absolute atomic E-state index is 12.1. The number of para-hydroxylation sites is 1. The minimum absolute atomic E-state index is 0.195. The maximum Gasteiger partial charge on any atom is 0.249 e. The first-order valence-electron chi connectivity index (χ1n) is 7.95. The largest absolute Gasteiger partial charge is 0.306 e. The zero-order chi connectivity index (χ0) is 16.8. The second kappa shape index (κ2) is 7.42. The van der Waals surface area contributed by atoms with E-state index in [1.54, 1.807) is 6.08 Å². The van der Waals surface area contributed by atoms with Crippen LogP contribution in [0.3, 0.4) is 0 Å². The van der Waals surface area contributed by atoms with Crippen molar-refractivity contribution in [1.82, 2.24) is 9.78 Å². The molecule has 0 aliphatic carbocycles. The van der Waals surface area contributed by atoms with Gasteiger partial charge in [-0.1, -0.05) is 55.5 Å². The van der Waals surface area contributed by atoms with E-state index in [1.807, 2.05) is 71.4 Å². The molecule has 2 aromatic carbocycles. The molecule has 0 saturated carbocycles. The molecule has 24 heavy (non-hydrogen) atoms. The molecule has 0 aliphatic rings. The molecular formula is C20H19N3O. The smallest absolute Gasteiger partial charge is 0.249 e. The summed E-state index contributed by atoms with van der Waals surface area (Å²) in [7, 11) is 0. The first kappa shape index (κ1) is 15.7. The van der Waals surface area contributed by atoms with Gasteiger partial charge in [0, 0.05) is 17.8 Å². The summed E-state index contributed by atoms with van der Waals surface area (Å²) in [5, 5.41) is 7.32. The van der Waals surface area contributed by atoms with Crippen LogP contribution in [0.2, 0.25) is 0 Å². The highest BCUT2D eigenvalue weighted by molar-refractivity contribution is 6.01. The highest BCUT2D eigenvalue weighted by Gasteiger charge is 2.09. The number of rotatable bonds is 5. The van der Waals surface area contributed by atoms with Crippen LogP contribution in [0.15, 0.2) is 72.8 Å². The van der Waals surface area contributed by atoms with E-state index in [-0.39, 0.29) is 5.91 Å². The van der Waals surface area contributed by atoms with E-state index in [0.717, 1.165) is 23.4 Å². The van der Waals surface area contributed by atoms with Gasteiger partial charge >= 0.3 is 0 Å². The van der Waals surface area contributed by atoms with Crippen LogP contribution in [0, 0.1) is 0 Å². The van der Waals surface area contributed by atoms with Crippen molar-refractivity contribution < 1.29 is 4.79 Å². The van der Waals surface area contributed by atoms with Crippen LogP contribution in [-0.4, -0.2) is 15.7 Å². The lowest BCUT2D eigenvalue weighted by Gasteiger charge is -2.04. The first-order valence-corrected chi connectivity index (χ1v) is 7.95. The highest BCUT2D eigenvalue weighted by atomic mass is 16.1. The predicted octanol–water partition coefficient (Wildman–Crippen LogP) is 4.09. The van der Waals surface area contributed by atoms with E-state index >= 15 is 0 Å². The fourth-order valence-corrected chi connectivity index (χ4v) is 2.43. The lowest BCUT2D eigenvalue weighted by atomic mass is 10.2. The third-order valence-corrected chi connectivity index (χ3v) is 3.62. The van der Waals surface area contributed by atoms with Crippen molar-refractivity contribution >= 4 is 17.8 Å². The average Bonchev–Trinajstić information content (AvgIpc) is 3.04. The van der Waals surface area contributed by atoms with Crippen molar-refractivity contribution in [1.29, 1.82) is 0 Å². The predicted molar refractivity (Wildman–Crippen MR) is 97.0 cm³/mol. The van der Waals surface area contributed by atoms with E-state index < -0.39 is 0 Å². The highest BCUT2D eigenvalue weighted by Crippen LogP contribution is 2.16. The lowest BCUT2D eigenvalue weighted by Crippen LogP contribution is -2.09. The number of benzene rings is 2. The van der Waals surface area contributed by atoms with Crippen molar-refractivity contribution in [2.45, 2.75) is 13.3 Å². The van der Waals surface area contributed by atoms with Crippen molar-refractivity contribution in [2.24, 2.45) is 0 Å². The normalized spacial score (nSPS) is 10.9. The Kier molecular flexibility index (Phi) is 4.87. The standard InChI is InChI=1S/C20H19N3O/c1-2-17-15-19(22-23(17)18-11-7-4-8-12-18)21-20(24)14-13-16-9-5-3-6-10-16/h3-15H,2H2,1H3,(H,21,22,24)/b14-13+. The van der Waals surface area contributed by atoms with E-state index in [1.165, 1.54) is 6.08 Å². The number of nitrogens with zero attached hydrogens (tertiary/aromatic N) is 2. The number of hydrogen-bond acceptors (Lipinski definition) is 2. The number of nitrogens with one attached hydrogen (secondary N) is 1. The van der Waals surface area contributed by atoms with Crippen molar-refractivity contribution in [3.63, 3.8) is 0 Å². The average molecular weight is 317 g/mol. The topological polar surface area (TPSA) is 46.9 Å². The van der Waals surface area contributed by atoms with Crippen LogP contribution in [0.4, 0.5) is 5.82 Å². The van der Waals surface area contributed by atoms with Crippen LogP contribution < -0.4 is 5.32 Å². The molecule has 0 spiro atoms. The number of aryl methyl sites for hydroxylation is 1. The second-order valence-electron chi connectivity index (χ2n) is 5.36. The minimum Gasteiger partial charge on any atom is -0.306 e. The third-order valence-electron chi connectivity index (χ3n) is 3.62. The van der Waals surface area contributed by atoms with Gasteiger partial charge in [-0.2, -0.15) is 0 Å². The molecule has 0 unspecified atom stereocenters. The number of anilines is 1. The van der Waals surface area contributed by atoms with Gasteiger partial charge in [0.15, 0.2) is 5.82 Å².